The second-order valence-corrected chi connectivity index (χ2v) is 11.8. The van der Waals surface area contributed by atoms with Crippen LogP contribution in [0.4, 0.5) is 10.5 Å². The van der Waals surface area contributed by atoms with Gasteiger partial charge in [0.25, 0.3) is 11.4 Å². The molecule has 15 heteroatoms. The number of benzene rings is 1. The summed E-state index contributed by atoms with van der Waals surface area (Å²) in [5.74, 6) is -1.10. The highest BCUT2D eigenvalue weighted by molar-refractivity contribution is 5.90. The Morgan fingerprint density at radius 1 is 0.918 bits per heavy atom. The van der Waals surface area contributed by atoms with Crippen LogP contribution in [-0.2, 0) is 34.0 Å². The molecule has 49 heavy (non-hydrogen) atoms. The Kier molecular flexibility index (Phi) is 11.6. The first-order valence-corrected chi connectivity index (χ1v) is 16.2. The highest BCUT2D eigenvalue weighted by Gasteiger charge is 2.23. The van der Waals surface area contributed by atoms with E-state index in [-0.39, 0.29) is 60.4 Å². The zero-order valence-electron chi connectivity index (χ0n) is 27.2. The van der Waals surface area contributed by atoms with Crippen LogP contribution in [0.15, 0.2) is 58.0 Å². The molecule has 0 saturated carbocycles. The molecule has 15 nitrogen and oxygen atoms in total. The van der Waals surface area contributed by atoms with Gasteiger partial charge in [-0.3, -0.25) is 24.2 Å². The number of fused-ring (bicyclic) bond motifs is 1. The molecule has 1 aromatic carbocycles. The van der Waals surface area contributed by atoms with E-state index in [0.717, 1.165) is 36.0 Å². The average molecular weight is 671 g/mol. The van der Waals surface area contributed by atoms with Gasteiger partial charge in [0, 0.05) is 76.0 Å². The molecule has 4 aromatic rings. The predicted octanol–water partition coefficient (Wildman–Crippen LogP) is 4.10. The van der Waals surface area contributed by atoms with Gasteiger partial charge in [-0.1, -0.05) is 25.0 Å². The molecule has 0 unspecified atom stereocenters. The summed E-state index contributed by atoms with van der Waals surface area (Å²) in [6, 6.07) is 10.5. The summed E-state index contributed by atoms with van der Waals surface area (Å²) < 4.78 is 6.97. The summed E-state index contributed by atoms with van der Waals surface area (Å²) in [7, 11) is 0. The summed E-state index contributed by atoms with van der Waals surface area (Å²) in [5, 5.41) is 26.9. The summed E-state index contributed by atoms with van der Waals surface area (Å²) in [6.07, 6.45) is 6.22. The fourth-order valence-corrected chi connectivity index (χ4v) is 5.36. The third-order valence-electron chi connectivity index (χ3n) is 8.04. The number of hydrogen-bond acceptors (Lipinski definition) is 10. The topological polar surface area (TPSA) is 203 Å². The second kappa shape index (κ2) is 16.4. The summed E-state index contributed by atoms with van der Waals surface area (Å²) in [5.41, 5.74) is 3.85. The molecule has 3 aromatic heterocycles. The van der Waals surface area contributed by atoms with Crippen molar-refractivity contribution < 1.29 is 28.7 Å². The van der Waals surface area contributed by atoms with E-state index in [1.165, 1.54) is 4.68 Å². The Balaban J connectivity index is 1.15. The van der Waals surface area contributed by atoms with Crippen LogP contribution in [0.5, 0.6) is 0 Å². The highest BCUT2D eigenvalue weighted by atomic mass is 16.4. The van der Waals surface area contributed by atoms with Gasteiger partial charge in [0.15, 0.2) is 0 Å². The van der Waals surface area contributed by atoms with Crippen molar-refractivity contribution in [2.24, 2.45) is 0 Å². The van der Waals surface area contributed by atoms with Crippen LogP contribution in [0.25, 0.3) is 22.7 Å². The Labute approximate surface area is 281 Å². The van der Waals surface area contributed by atoms with Crippen molar-refractivity contribution in [3.05, 3.63) is 76.2 Å². The van der Waals surface area contributed by atoms with E-state index >= 15 is 0 Å². The van der Waals surface area contributed by atoms with E-state index in [1.54, 1.807) is 42.4 Å². The number of hydrogen-bond donors (Lipinski definition) is 3. The number of unbranched alkanes of at least 4 members (excludes halogenated alkanes) is 3. The number of rotatable bonds is 16. The van der Waals surface area contributed by atoms with E-state index in [1.807, 2.05) is 18.2 Å². The van der Waals surface area contributed by atoms with Gasteiger partial charge in [0.05, 0.1) is 12.1 Å². The van der Waals surface area contributed by atoms with Gasteiger partial charge in [0.1, 0.15) is 11.3 Å². The Morgan fingerprint density at radius 2 is 1.67 bits per heavy atom. The molecular formula is C34H38N8O7. The number of nitrogens with one attached hydrogen (secondary N) is 2. The molecule has 0 atom stereocenters. The van der Waals surface area contributed by atoms with Gasteiger partial charge in [-0.25, -0.2) is 9.48 Å². The predicted molar refractivity (Wildman–Crippen MR) is 177 cm³/mol. The number of urea groups is 1. The number of carbonyl (C=O) groups excluding carboxylic acids is 3. The number of pyridine rings is 1. The average Bonchev–Trinajstić information content (AvgIpc) is 3.73. The monoisotopic (exact) mass is 670 g/mol. The summed E-state index contributed by atoms with van der Waals surface area (Å²) in [4.78, 5) is 66.3. The third kappa shape index (κ3) is 9.65. The van der Waals surface area contributed by atoms with Crippen LogP contribution in [0.2, 0.25) is 0 Å². The summed E-state index contributed by atoms with van der Waals surface area (Å²) >= 11 is 0. The molecule has 0 radical (unpaired) electrons. The molecular weight excluding hydrogens is 632 g/mol. The molecule has 1 aliphatic rings. The Morgan fingerprint density at radius 3 is 2.41 bits per heavy atom. The van der Waals surface area contributed by atoms with E-state index in [2.05, 4.69) is 30.9 Å². The molecule has 1 aliphatic heterocycles. The maximum absolute atomic E-state index is 13.4. The number of aliphatic carboxylic acids is 1. The highest BCUT2D eigenvalue weighted by Crippen LogP contribution is 2.25. The van der Waals surface area contributed by atoms with E-state index in [9.17, 15) is 24.0 Å². The largest absolute Gasteiger partial charge is 0.481 e. The van der Waals surface area contributed by atoms with Crippen LogP contribution in [-0.4, -0.2) is 65.2 Å². The third-order valence-corrected chi connectivity index (χ3v) is 8.04. The van der Waals surface area contributed by atoms with Crippen LogP contribution >= 0.6 is 0 Å². The first kappa shape index (κ1) is 34.6. The fourth-order valence-electron chi connectivity index (χ4n) is 5.36. The van der Waals surface area contributed by atoms with E-state index in [4.69, 9.17) is 9.52 Å². The lowest BCUT2D eigenvalue weighted by Crippen LogP contribution is -2.30. The van der Waals surface area contributed by atoms with Crippen molar-refractivity contribution in [3.8, 4) is 22.7 Å². The van der Waals surface area contributed by atoms with Gasteiger partial charge in [0.2, 0.25) is 11.8 Å². The molecule has 0 aliphatic carbocycles. The molecule has 5 rings (SSSR count). The first-order valence-electron chi connectivity index (χ1n) is 16.2. The van der Waals surface area contributed by atoms with Gasteiger partial charge >= 0.3 is 12.0 Å². The quantitative estimate of drug-likeness (QED) is 0.145. The minimum Gasteiger partial charge on any atom is -0.481 e. The van der Waals surface area contributed by atoms with Crippen molar-refractivity contribution in [1.82, 2.24) is 35.2 Å². The number of amides is 3. The zero-order valence-corrected chi connectivity index (χ0v) is 27.2. The van der Waals surface area contributed by atoms with Gasteiger partial charge in [-0.05, 0) is 48.2 Å². The van der Waals surface area contributed by atoms with Crippen molar-refractivity contribution in [1.29, 1.82) is 0 Å². The van der Waals surface area contributed by atoms with Gasteiger partial charge in [-0.15, -0.1) is 10.2 Å². The lowest BCUT2D eigenvalue weighted by Gasteiger charge is -2.16. The molecule has 0 saturated heterocycles. The van der Waals surface area contributed by atoms with Crippen LogP contribution in [0.3, 0.4) is 0 Å². The first-order chi connectivity index (χ1) is 23.7. The number of carboxylic acids is 1. The maximum atomic E-state index is 13.4. The van der Waals surface area contributed by atoms with Crippen LogP contribution < -0.4 is 16.2 Å². The minimum absolute atomic E-state index is 0.0262. The Bertz CT molecular complexity index is 1840. The van der Waals surface area contributed by atoms with Crippen molar-refractivity contribution in [2.45, 2.75) is 77.9 Å². The van der Waals surface area contributed by atoms with E-state index in [0.29, 0.717) is 49.9 Å². The Hall–Kier alpha value is -5.73. The van der Waals surface area contributed by atoms with Crippen molar-refractivity contribution >= 4 is 29.4 Å². The van der Waals surface area contributed by atoms with Crippen molar-refractivity contribution in [3.63, 3.8) is 0 Å². The molecule has 3 amide bonds. The molecule has 0 spiro atoms. The van der Waals surface area contributed by atoms with Gasteiger partial charge in [-0.2, -0.15) is 5.10 Å². The maximum Gasteiger partial charge on any atom is 0.322 e. The van der Waals surface area contributed by atoms with Crippen LogP contribution in [0.1, 0.15) is 68.4 Å². The number of anilines is 1. The number of aromatic nitrogens is 5. The standard InChI is InChI=1S/C34H38N8O7/c1-22-38-39-32(49-22)28-18-29(23-6-8-26(9-7-23)37-34(48)41-20-24-14-16-35-19-25(24)21-41)40-42(33(28)47)17-5-3-2-4-15-36-30(44)12-10-27(43)11-13-31(45)46/h6-9,14,16,18-19H,2-5,10-13,15,17,20-21H2,1H3,(H,36,44)(H,37,48)(H,45,46). The molecule has 256 valence electrons. The van der Waals surface area contributed by atoms with E-state index < -0.39 is 5.97 Å². The molecule has 0 bridgehead atoms. The fraction of sp³-hybridized carbons (Fsp3) is 0.382. The number of aryl methyl sites for hydroxylation is 2. The zero-order chi connectivity index (χ0) is 34.8. The minimum atomic E-state index is -1.04. The summed E-state index contributed by atoms with van der Waals surface area (Å²) in [6.45, 7) is 3.46. The number of carboxylic acid groups (broad SMARTS) is 1. The molecule has 3 N–H and O–H groups in total. The normalized spacial score (nSPS) is 12.1. The molecule has 0 fully saturated rings. The van der Waals surface area contributed by atoms with Gasteiger partial charge < -0.3 is 25.1 Å². The molecule has 4 heterocycles. The van der Waals surface area contributed by atoms with Crippen molar-refractivity contribution in [2.75, 3.05) is 11.9 Å². The number of ketones is 1. The second-order valence-electron chi connectivity index (χ2n) is 11.8. The number of nitrogens with zero attached hydrogens (tertiary/aromatic N) is 6. The lowest BCUT2D eigenvalue weighted by atomic mass is 10.1. The lowest BCUT2D eigenvalue weighted by molar-refractivity contribution is -0.138. The van der Waals surface area contributed by atoms with Crippen LogP contribution in [0, 0.1) is 6.92 Å². The SMILES string of the molecule is Cc1nnc(-c2cc(-c3ccc(NC(=O)N4Cc5ccncc5C4)cc3)nn(CCCCCCNC(=O)CCC(=O)CCC(=O)O)c2=O)o1. The smallest absolute Gasteiger partial charge is 0.322 e. The number of carbonyl (C=O) groups is 4. The number of Topliss-reactive ketones (excluding diaryl/α,β-unsaturated/α-hetero) is 1.